The Kier molecular flexibility index (Phi) is 7.38. The van der Waals surface area contributed by atoms with Crippen LogP contribution < -0.4 is 5.32 Å². The number of hydrogen-bond donors (Lipinski definition) is 1. The standard InChI is InChI=1S/C17H36N2/c1-13(2)9-10-19(17-7-8-17)16(6)15(5)12-18-11-14(3)4/h13-18H,7-12H2,1-6H3. The van der Waals surface area contributed by atoms with Crippen LogP contribution in [0.1, 0.15) is 60.8 Å². The molecule has 1 aliphatic carbocycles. The van der Waals surface area contributed by atoms with Gasteiger partial charge >= 0.3 is 0 Å². The summed E-state index contributed by atoms with van der Waals surface area (Å²) in [5.74, 6) is 2.32. The third kappa shape index (κ3) is 6.76. The molecule has 1 N–H and O–H groups in total. The first-order valence-corrected chi connectivity index (χ1v) is 8.38. The fourth-order valence-electron chi connectivity index (χ4n) is 2.63. The third-order valence-corrected chi connectivity index (χ3v) is 4.35. The van der Waals surface area contributed by atoms with E-state index in [-0.39, 0.29) is 0 Å². The average molecular weight is 268 g/mol. The summed E-state index contributed by atoms with van der Waals surface area (Å²) in [6.07, 6.45) is 4.19. The lowest BCUT2D eigenvalue weighted by molar-refractivity contribution is 0.142. The summed E-state index contributed by atoms with van der Waals surface area (Å²) < 4.78 is 0. The molecule has 0 aliphatic heterocycles. The van der Waals surface area contributed by atoms with Crippen LogP contribution in [0.2, 0.25) is 0 Å². The van der Waals surface area contributed by atoms with Gasteiger partial charge in [-0.05, 0) is 63.6 Å². The lowest BCUT2D eigenvalue weighted by Gasteiger charge is -2.34. The zero-order chi connectivity index (χ0) is 14.4. The van der Waals surface area contributed by atoms with Crippen molar-refractivity contribution < 1.29 is 0 Å². The van der Waals surface area contributed by atoms with Crippen molar-refractivity contribution in [2.45, 2.75) is 72.9 Å². The quantitative estimate of drug-likeness (QED) is 0.649. The molecule has 2 atom stereocenters. The van der Waals surface area contributed by atoms with Crippen LogP contribution in [-0.4, -0.2) is 36.6 Å². The average Bonchev–Trinajstić information content (AvgIpc) is 3.12. The van der Waals surface area contributed by atoms with Crippen LogP contribution >= 0.6 is 0 Å². The van der Waals surface area contributed by atoms with Gasteiger partial charge in [-0.15, -0.1) is 0 Å². The lowest BCUT2D eigenvalue weighted by atomic mass is 10.00. The molecule has 0 aromatic heterocycles. The first-order valence-electron chi connectivity index (χ1n) is 8.38. The Hall–Kier alpha value is -0.0800. The van der Waals surface area contributed by atoms with Gasteiger partial charge in [0.25, 0.3) is 0 Å². The van der Waals surface area contributed by atoms with Crippen LogP contribution in [0.15, 0.2) is 0 Å². The van der Waals surface area contributed by atoms with Gasteiger partial charge in [-0.1, -0.05) is 34.6 Å². The van der Waals surface area contributed by atoms with Gasteiger partial charge in [0.05, 0.1) is 0 Å². The second-order valence-electron chi connectivity index (χ2n) is 7.42. The number of nitrogens with one attached hydrogen (secondary N) is 1. The Morgan fingerprint density at radius 3 is 2.05 bits per heavy atom. The topological polar surface area (TPSA) is 15.3 Å². The van der Waals surface area contributed by atoms with Crippen molar-refractivity contribution in [3.8, 4) is 0 Å². The highest BCUT2D eigenvalue weighted by Crippen LogP contribution is 2.31. The van der Waals surface area contributed by atoms with E-state index >= 15 is 0 Å². The molecule has 2 nitrogen and oxygen atoms in total. The summed E-state index contributed by atoms with van der Waals surface area (Å²) in [5, 5.41) is 3.62. The molecule has 1 fully saturated rings. The fourth-order valence-corrected chi connectivity index (χ4v) is 2.63. The summed E-state index contributed by atoms with van der Waals surface area (Å²) in [6.45, 7) is 17.7. The van der Waals surface area contributed by atoms with Crippen molar-refractivity contribution >= 4 is 0 Å². The summed E-state index contributed by atoms with van der Waals surface area (Å²) in [7, 11) is 0. The Bertz CT molecular complexity index is 233. The van der Waals surface area contributed by atoms with Gasteiger partial charge in [0, 0.05) is 12.1 Å². The molecule has 2 unspecified atom stereocenters. The van der Waals surface area contributed by atoms with E-state index in [0.717, 1.165) is 36.9 Å². The van der Waals surface area contributed by atoms with E-state index in [2.05, 4.69) is 51.8 Å². The minimum Gasteiger partial charge on any atom is -0.316 e. The second kappa shape index (κ2) is 8.26. The molecule has 0 aromatic rings. The van der Waals surface area contributed by atoms with Crippen molar-refractivity contribution in [3.05, 3.63) is 0 Å². The van der Waals surface area contributed by atoms with E-state index < -0.39 is 0 Å². The first-order chi connectivity index (χ1) is 8.91. The predicted molar refractivity (Wildman–Crippen MR) is 85.5 cm³/mol. The maximum Gasteiger partial charge on any atom is 0.0108 e. The van der Waals surface area contributed by atoms with Crippen LogP contribution in [0.4, 0.5) is 0 Å². The van der Waals surface area contributed by atoms with E-state index in [1.54, 1.807) is 0 Å². The van der Waals surface area contributed by atoms with Crippen LogP contribution in [-0.2, 0) is 0 Å². The zero-order valence-corrected chi connectivity index (χ0v) is 14.1. The molecule has 0 amide bonds. The minimum atomic E-state index is 0.714. The molecule has 1 saturated carbocycles. The molecule has 0 radical (unpaired) electrons. The van der Waals surface area contributed by atoms with Crippen molar-refractivity contribution in [2.75, 3.05) is 19.6 Å². The number of rotatable bonds is 10. The van der Waals surface area contributed by atoms with Gasteiger partial charge < -0.3 is 5.32 Å². The molecule has 0 saturated heterocycles. The SMILES string of the molecule is CC(C)CCN(C1CC1)C(C)C(C)CNCC(C)C. The van der Waals surface area contributed by atoms with Crippen LogP contribution in [0.5, 0.6) is 0 Å². The lowest BCUT2D eigenvalue weighted by Crippen LogP contribution is -2.43. The highest BCUT2D eigenvalue weighted by atomic mass is 15.2. The van der Waals surface area contributed by atoms with Crippen molar-refractivity contribution in [3.63, 3.8) is 0 Å². The third-order valence-electron chi connectivity index (χ3n) is 4.35. The van der Waals surface area contributed by atoms with E-state index in [0.29, 0.717) is 6.04 Å². The fraction of sp³-hybridized carbons (Fsp3) is 1.00. The smallest absolute Gasteiger partial charge is 0.0108 e. The first kappa shape index (κ1) is 17.0. The monoisotopic (exact) mass is 268 g/mol. The highest BCUT2D eigenvalue weighted by Gasteiger charge is 2.33. The van der Waals surface area contributed by atoms with Crippen molar-refractivity contribution in [2.24, 2.45) is 17.8 Å². The highest BCUT2D eigenvalue weighted by molar-refractivity contribution is 4.89. The Balaban J connectivity index is 2.35. The van der Waals surface area contributed by atoms with E-state index in [4.69, 9.17) is 0 Å². The molecule has 114 valence electrons. The Morgan fingerprint density at radius 2 is 1.58 bits per heavy atom. The molecule has 0 bridgehead atoms. The largest absolute Gasteiger partial charge is 0.316 e. The van der Waals surface area contributed by atoms with Gasteiger partial charge in [0.2, 0.25) is 0 Å². The molecular weight excluding hydrogens is 232 g/mol. The van der Waals surface area contributed by atoms with Crippen LogP contribution in [0, 0.1) is 17.8 Å². The van der Waals surface area contributed by atoms with Gasteiger partial charge in [0.1, 0.15) is 0 Å². The van der Waals surface area contributed by atoms with Crippen LogP contribution in [0.3, 0.4) is 0 Å². The number of hydrogen-bond acceptors (Lipinski definition) is 2. The molecule has 19 heavy (non-hydrogen) atoms. The molecule has 0 spiro atoms. The van der Waals surface area contributed by atoms with Crippen molar-refractivity contribution in [1.29, 1.82) is 0 Å². The second-order valence-corrected chi connectivity index (χ2v) is 7.42. The van der Waals surface area contributed by atoms with Gasteiger partial charge in [-0.25, -0.2) is 0 Å². The molecular formula is C17H36N2. The maximum absolute atomic E-state index is 3.62. The predicted octanol–water partition coefficient (Wildman–Crippen LogP) is 3.77. The molecule has 2 heteroatoms. The Labute approximate surface area is 121 Å². The summed E-state index contributed by atoms with van der Waals surface area (Å²) in [4.78, 5) is 2.78. The van der Waals surface area contributed by atoms with Crippen LogP contribution in [0.25, 0.3) is 0 Å². The van der Waals surface area contributed by atoms with E-state index in [1.165, 1.54) is 25.8 Å². The number of nitrogens with zero attached hydrogens (tertiary/aromatic N) is 1. The molecule has 0 heterocycles. The van der Waals surface area contributed by atoms with Gasteiger partial charge in [0.15, 0.2) is 0 Å². The Morgan fingerprint density at radius 1 is 0.947 bits per heavy atom. The molecule has 0 aromatic carbocycles. The van der Waals surface area contributed by atoms with E-state index in [1.807, 2.05) is 0 Å². The van der Waals surface area contributed by atoms with E-state index in [9.17, 15) is 0 Å². The maximum atomic E-state index is 3.62. The van der Waals surface area contributed by atoms with Gasteiger partial charge in [-0.2, -0.15) is 0 Å². The molecule has 1 rings (SSSR count). The van der Waals surface area contributed by atoms with Gasteiger partial charge in [-0.3, -0.25) is 4.90 Å². The minimum absolute atomic E-state index is 0.714. The summed E-state index contributed by atoms with van der Waals surface area (Å²) in [5.41, 5.74) is 0. The normalized spacial score (nSPS) is 19.4. The zero-order valence-electron chi connectivity index (χ0n) is 14.1. The van der Waals surface area contributed by atoms with Crippen molar-refractivity contribution in [1.82, 2.24) is 10.2 Å². The summed E-state index contributed by atoms with van der Waals surface area (Å²) in [6, 6.07) is 1.60. The molecule has 1 aliphatic rings. The summed E-state index contributed by atoms with van der Waals surface area (Å²) >= 11 is 0.